The van der Waals surface area contributed by atoms with Gasteiger partial charge in [-0.25, -0.2) is 0 Å². The Hall–Kier alpha value is -2.80. The number of aryl methyl sites for hydroxylation is 2. The van der Waals surface area contributed by atoms with Gasteiger partial charge in [0.1, 0.15) is 5.75 Å². The molecular formula is C18H17N3O. The lowest BCUT2D eigenvalue weighted by Crippen LogP contribution is -2.01. The molecule has 4 nitrogen and oxygen atoms in total. The summed E-state index contributed by atoms with van der Waals surface area (Å²) in [5, 5.41) is 8.88. The van der Waals surface area contributed by atoms with Crippen LogP contribution in [0.1, 0.15) is 17.0 Å². The maximum atomic E-state index is 8.88. The summed E-state index contributed by atoms with van der Waals surface area (Å²) in [6, 6.07) is 14.3. The highest BCUT2D eigenvalue weighted by atomic mass is 16.5. The second-order valence-electron chi connectivity index (χ2n) is 5.10. The third-order valence-corrected chi connectivity index (χ3v) is 3.83. The van der Waals surface area contributed by atoms with E-state index in [4.69, 9.17) is 10.00 Å². The van der Waals surface area contributed by atoms with Crippen molar-refractivity contribution in [3.05, 3.63) is 65.7 Å². The van der Waals surface area contributed by atoms with Gasteiger partial charge in [0.15, 0.2) is 0 Å². The van der Waals surface area contributed by atoms with E-state index in [1.165, 1.54) is 5.56 Å². The van der Waals surface area contributed by atoms with Gasteiger partial charge in [0, 0.05) is 18.1 Å². The molecule has 0 atom stereocenters. The quantitative estimate of drug-likeness (QED) is 0.725. The molecule has 0 saturated carbocycles. The number of aromatic nitrogens is 2. The summed E-state index contributed by atoms with van der Waals surface area (Å²) < 4.78 is 7.45. The van der Waals surface area contributed by atoms with E-state index in [-0.39, 0.29) is 0 Å². The van der Waals surface area contributed by atoms with Crippen molar-refractivity contribution in [3.8, 4) is 11.8 Å². The lowest BCUT2D eigenvalue weighted by molar-refractivity contribution is 0.409. The molecule has 2 heterocycles. The van der Waals surface area contributed by atoms with Gasteiger partial charge in [0.05, 0.1) is 30.8 Å². The van der Waals surface area contributed by atoms with Gasteiger partial charge in [0.2, 0.25) is 0 Å². The van der Waals surface area contributed by atoms with Gasteiger partial charge in [-0.05, 0) is 36.6 Å². The molecule has 110 valence electrons. The molecule has 0 amide bonds. The van der Waals surface area contributed by atoms with Crippen LogP contribution in [-0.4, -0.2) is 16.5 Å². The zero-order chi connectivity index (χ0) is 15.4. The number of fused-ring (bicyclic) bond motifs is 1. The average molecular weight is 291 g/mol. The highest BCUT2D eigenvalue weighted by Crippen LogP contribution is 2.21. The summed E-state index contributed by atoms with van der Waals surface area (Å²) in [7, 11) is 1.69. The average Bonchev–Trinajstić information content (AvgIpc) is 2.97. The SMILES string of the molecule is COc1ccccc1CCc1nccn2c(CC#N)ccc12. The maximum absolute atomic E-state index is 8.88. The van der Waals surface area contributed by atoms with E-state index >= 15 is 0 Å². The fourth-order valence-electron chi connectivity index (χ4n) is 2.74. The zero-order valence-electron chi connectivity index (χ0n) is 12.5. The Kier molecular flexibility index (Phi) is 4.06. The lowest BCUT2D eigenvalue weighted by Gasteiger charge is -2.09. The molecule has 0 aliphatic rings. The van der Waals surface area contributed by atoms with Crippen molar-refractivity contribution in [1.29, 1.82) is 5.26 Å². The molecule has 0 radical (unpaired) electrons. The molecule has 4 heteroatoms. The molecular weight excluding hydrogens is 274 g/mol. The first-order valence-corrected chi connectivity index (χ1v) is 7.26. The fourth-order valence-corrected chi connectivity index (χ4v) is 2.74. The van der Waals surface area contributed by atoms with E-state index in [0.717, 1.165) is 35.5 Å². The second kappa shape index (κ2) is 6.31. The monoisotopic (exact) mass is 291 g/mol. The van der Waals surface area contributed by atoms with E-state index in [1.807, 2.05) is 40.9 Å². The van der Waals surface area contributed by atoms with Crippen LogP contribution in [0.2, 0.25) is 0 Å². The highest BCUT2D eigenvalue weighted by Gasteiger charge is 2.08. The van der Waals surface area contributed by atoms with E-state index in [1.54, 1.807) is 13.3 Å². The lowest BCUT2D eigenvalue weighted by atomic mass is 10.1. The number of methoxy groups -OCH3 is 1. The summed E-state index contributed by atoms with van der Waals surface area (Å²) >= 11 is 0. The molecule has 0 aliphatic carbocycles. The molecule has 0 bridgehead atoms. The van der Waals surface area contributed by atoms with E-state index in [0.29, 0.717) is 6.42 Å². The molecule has 0 N–H and O–H groups in total. The smallest absolute Gasteiger partial charge is 0.122 e. The minimum atomic E-state index is 0.407. The van der Waals surface area contributed by atoms with Crippen molar-refractivity contribution in [2.24, 2.45) is 0 Å². The molecule has 1 aromatic carbocycles. The second-order valence-corrected chi connectivity index (χ2v) is 5.10. The molecule has 0 aliphatic heterocycles. The normalized spacial score (nSPS) is 10.5. The zero-order valence-corrected chi connectivity index (χ0v) is 12.5. The predicted octanol–water partition coefficient (Wildman–Crippen LogP) is 3.19. The van der Waals surface area contributed by atoms with Crippen LogP contribution in [0, 0.1) is 11.3 Å². The first-order valence-electron chi connectivity index (χ1n) is 7.26. The molecule has 0 spiro atoms. The summed E-state index contributed by atoms with van der Waals surface area (Å²) in [6.07, 6.45) is 5.82. The molecule has 3 rings (SSSR count). The standard InChI is InChI=1S/C18H17N3O/c1-22-18-5-3-2-4-14(18)6-8-16-17-9-7-15(10-11-19)21(17)13-12-20-16/h2-5,7,9,12-13H,6,8,10H2,1H3. The fraction of sp³-hybridized carbons (Fsp3) is 0.222. The van der Waals surface area contributed by atoms with Crippen molar-refractivity contribution >= 4 is 5.52 Å². The Labute approximate surface area is 129 Å². The number of benzene rings is 1. The number of hydrogen-bond donors (Lipinski definition) is 0. The van der Waals surface area contributed by atoms with Gasteiger partial charge in [-0.3, -0.25) is 4.98 Å². The Balaban J connectivity index is 1.87. The number of para-hydroxylation sites is 1. The van der Waals surface area contributed by atoms with Gasteiger partial charge >= 0.3 is 0 Å². The van der Waals surface area contributed by atoms with Crippen LogP contribution in [0.25, 0.3) is 5.52 Å². The van der Waals surface area contributed by atoms with Crippen molar-refractivity contribution in [2.75, 3.05) is 7.11 Å². The van der Waals surface area contributed by atoms with Crippen LogP contribution >= 0.6 is 0 Å². The predicted molar refractivity (Wildman–Crippen MR) is 84.9 cm³/mol. The van der Waals surface area contributed by atoms with Crippen LogP contribution in [-0.2, 0) is 19.3 Å². The number of rotatable bonds is 5. The Morgan fingerprint density at radius 2 is 2.05 bits per heavy atom. The number of nitrogens with zero attached hydrogens (tertiary/aromatic N) is 3. The first kappa shape index (κ1) is 14.2. The van der Waals surface area contributed by atoms with Gasteiger partial charge in [-0.1, -0.05) is 18.2 Å². The van der Waals surface area contributed by atoms with Crippen molar-refractivity contribution < 1.29 is 4.74 Å². The Morgan fingerprint density at radius 1 is 1.18 bits per heavy atom. The molecule has 0 unspecified atom stereocenters. The molecule has 3 aromatic rings. The van der Waals surface area contributed by atoms with Crippen LogP contribution in [0.5, 0.6) is 5.75 Å². The summed E-state index contributed by atoms with van der Waals surface area (Å²) in [4.78, 5) is 4.51. The first-order chi connectivity index (χ1) is 10.8. The topological polar surface area (TPSA) is 50.3 Å². The number of nitriles is 1. The summed E-state index contributed by atoms with van der Waals surface area (Å²) in [5.74, 6) is 0.912. The largest absolute Gasteiger partial charge is 0.496 e. The van der Waals surface area contributed by atoms with Crippen LogP contribution in [0.15, 0.2) is 48.8 Å². The minimum Gasteiger partial charge on any atom is -0.496 e. The van der Waals surface area contributed by atoms with Gasteiger partial charge in [0.25, 0.3) is 0 Å². The minimum absolute atomic E-state index is 0.407. The number of hydrogen-bond acceptors (Lipinski definition) is 3. The molecule has 0 saturated heterocycles. The highest BCUT2D eigenvalue weighted by molar-refractivity contribution is 5.54. The Bertz CT molecular complexity index is 830. The van der Waals surface area contributed by atoms with E-state index in [2.05, 4.69) is 17.1 Å². The third kappa shape index (κ3) is 2.66. The van der Waals surface area contributed by atoms with Crippen LogP contribution < -0.4 is 4.74 Å². The van der Waals surface area contributed by atoms with Gasteiger partial charge in [-0.15, -0.1) is 0 Å². The summed E-state index contributed by atoms with van der Waals surface area (Å²) in [6.45, 7) is 0. The Morgan fingerprint density at radius 3 is 2.86 bits per heavy atom. The van der Waals surface area contributed by atoms with Crippen molar-refractivity contribution in [2.45, 2.75) is 19.3 Å². The van der Waals surface area contributed by atoms with Gasteiger partial charge < -0.3 is 9.14 Å². The van der Waals surface area contributed by atoms with Crippen molar-refractivity contribution in [3.63, 3.8) is 0 Å². The molecule has 2 aromatic heterocycles. The molecule has 0 fully saturated rings. The third-order valence-electron chi connectivity index (χ3n) is 3.83. The van der Waals surface area contributed by atoms with Crippen molar-refractivity contribution in [1.82, 2.24) is 9.38 Å². The van der Waals surface area contributed by atoms with Crippen LogP contribution in [0.4, 0.5) is 0 Å². The van der Waals surface area contributed by atoms with Gasteiger partial charge in [-0.2, -0.15) is 5.26 Å². The molecule has 22 heavy (non-hydrogen) atoms. The van der Waals surface area contributed by atoms with Crippen LogP contribution in [0.3, 0.4) is 0 Å². The number of ether oxygens (including phenoxy) is 1. The summed E-state index contributed by atoms with van der Waals surface area (Å²) in [5.41, 5.74) is 4.29. The van der Waals surface area contributed by atoms with E-state index in [9.17, 15) is 0 Å². The maximum Gasteiger partial charge on any atom is 0.122 e. The van der Waals surface area contributed by atoms with E-state index < -0.39 is 0 Å².